The van der Waals surface area contributed by atoms with E-state index in [2.05, 4.69) is 5.32 Å². The van der Waals surface area contributed by atoms with E-state index in [0.29, 0.717) is 31.1 Å². The third-order valence-electron chi connectivity index (χ3n) is 5.61. The number of ether oxygens (including phenoxy) is 3. The van der Waals surface area contributed by atoms with Crippen molar-refractivity contribution in [3.05, 3.63) is 23.8 Å². The molecule has 26 heavy (non-hydrogen) atoms. The number of aryl methyl sites for hydroxylation is 1. The second kappa shape index (κ2) is 8.27. The zero-order chi connectivity index (χ0) is 19.4. The second-order valence-corrected chi connectivity index (χ2v) is 7.39. The molecule has 0 aliphatic heterocycles. The van der Waals surface area contributed by atoms with Gasteiger partial charge in [-0.15, -0.1) is 0 Å². The van der Waals surface area contributed by atoms with Crippen LogP contribution in [0.15, 0.2) is 18.2 Å². The Bertz CT molecular complexity index is 632. The van der Waals surface area contributed by atoms with E-state index in [1.807, 2.05) is 39.0 Å². The highest BCUT2D eigenvalue weighted by atomic mass is 16.5. The van der Waals surface area contributed by atoms with E-state index >= 15 is 0 Å². The molecule has 2 rings (SSSR count). The van der Waals surface area contributed by atoms with Gasteiger partial charge in [0.1, 0.15) is 5.54 Å². The first-order valence-electron chi connectivity index (χ1n) is 9.19. The molecule has 1 aromatic carbocycles. The third-order valence-corrected chi connectivity index (χ3v) is 5.61. The maximum absolute atomic E-state index is 12.6. The number of carbonyl (C=O) groups is 1. The number of hydrogen-bond acceptors (Lipinski definition) is 5. The lowest BCUT2D eigenvalue weighted by molar-refractivity contribution is -0.170. The fraction of sp³-hybridized carbons (Fsp3) is 0.650. The quantitative estimate of drug-likeness (QED) is 0.657. The summed E-state index contributed by atoms with van der Waals surface area (Å²) in [6, 6.07) is 5.87. The molecule has 2 atom stereocenters. The highest BCUT2D eigenvalue weighted by Gasteiger charge is 2.62. The number of hydrogen-bond donors (Lipinski definition) is 2. The second-order valence-electron chi connectivity index (χ2n) is 7.39. The van der Waals surface area contributed by atoms with Gasteiger partial charge in [0, 0.05) is 25.0 Å². The minimum atomic E-state index is -0.865. The van der Waals surface area contributed by atoms with E-state index in [1.54, 1.807) is 14.2 Å². The van der Waals surface area contributed by atoms with Crippen LogP contribution in [0.5, 0.6) is 11.5 Å². The molecule has 0 aromatic heterocycles. The van der Waals surface area contributed by atoms with Crippen LogP contribution in [0.1, 0.15) is 39.2 Å². The Morgan fingerprint density at radius 3 is 2.54 bits per heavy atom. The Hall–Kier alpha value is -1.79. The first-order chi connectivity index (χ1) is 12.3. The minimum Gasteiger partial charge on any atom is -0.493 e. The molecule has 3 N–H and O–H groups in total. The van der Waals surface area contributed by atoms with Gasteiger partial charge in [-0.05, 0) is 37.5 Å². The van der Waals surface area contributed by atoms with Gasteiger partial charge in [-0.25, -0.2) is 0 Å². The molecule has 1 fully saturated rings. The van der Waals surface area contributed by atoms with Gasteiger partial charge in [0.25, 0.3) is 0 Å². The fourth-order valence-corrected chi connectivity index (χ4v) is 3.51. The number of nitrogens with one attached hydrogen (secondary N) is 1. The molecular formula is C20H32N2O4. The molecule has 1 aliphatic carbocycles. The molecule has 1 saturated carbocycles. The Labute approximate surface area is 156 Å². The molecule has 6 nitrogen and oxygen atoms in total. The van der Waals surface area contributed by atoms with Gasteiger partial charge in [-0.3, -0.25) is 4.79 Å². The van der Waals surface area contributed by atoms with Crippen molar-refractivity contribution in [3.63, 3.8) is 0 Å². The van der Waals surface area contributed by atoms with Crippen molar-refractivity contribution in [2.45, 2.75) is 51.7 Å². The molecule has 1 aromatic rings. The van der Waals surface area contributed by atoms with Crippen molar-refractivity contribution >= 4 is 5.91 Å². The molecule has 0 radical (unpaired) electrons. The van der Waals surface area contributed by atoms with E-state index in [-0.39, 0.29) is 17.4 Å². The maximum atomic E-state index is 12.6. The highest BCUT2D eigenvalue weighted by molar-refractivity contribution is 5.88. The van der Waals surface area contributed by atoms with Crippen LogP contribution in [-0.4, -0.2) is 44.9 Å². The standard InChI is InChI=1S/C20H32N2O4/c1-6-26-17-13-20(21,19(17,2)3)18(23)22-11-7-8-14-9-10-15(24-4)16(12-14)25-5/h9-10,12,17H,6-8,11,13,21H2,1-5H3,(H,22,23). The van der Waals surface area contributed by atoms with Crippen molar-refractivity contribution in [1.29, 1.82) is 0 Å². The number of methoxy groups -OCH3 is 2. The average Bonchev–Trinajstić information content (AvgIpc) is 2.64. The summed E-state index contributed by atoms with van der Waals surface area (Å²) in [4.78, 5) is 12.6. The lowest BCUT2D eigenvalue weighted by Crippen LogP contribution is -2.75. The van der Waals surface area contributed by atoms with E-state index in [9.17, 15) is 4.79 Å². The normalized spacial score (nSPS) is 23.8. The van der Waals surface area contributed by atoms with Gasteiger partial charge in [0.15, 0.2) is 11.5 Å². The van der Waals surface area contributed by atoms with Gasteiger partial charge in [-0.1, -0.05) is 19.9 Å². The Morgan fingerprint density at radius 1 is 1.27 bits per heavy atom. The van der Waals surface area contributed by atoms with Crippen LogP contribution in [0.2, 0.25) is 0 Å². The molecule has 0 saturated heterocycles. The van der Waals surface area contributed by atoms with Crippen LogP contribution in [0.3, 0.4) is 0 Å². The number of rotatable bonds is 9. The fourth-order valence-electron chi connectivity index (χ4n) is 3.51. The molecule has 0 heterocycles. The molecule has 0 spiro atoms. The van der Waals surface area contributed by atoms with Crippen molar-refractivity contribution in [2.24, 2.45) is 11.1 Å². The third kappa shape index (κ3) is 3.81. The summed E-state index contributed by atoms with van der Waals surface area (Å²) >= 11 is 0. The maximum Gasteiger partial charge on any atom is 0.240 e. The lowest BCUT2D eigenvalue weighted by Gasteiger charge is -2.57. The smallest absolute Gasteiger partial charge is 0.240 e. The van der Waals surface area contributed by atoms with Crippen LogP contribution in [-0.2, 0) is 16.0 Å². The van der Waals surface area contributed by atoms with Crippen molar-refractivity contribution in [1.82, 2.24) is 5.32 Å². The van der Waals surface area contributed by atoms with E-state index in [1.165, 1.54) is 0 Å². The SMILES string of the molecule is CCOC1CC(N)(C(=O)NCCCc2ccc(OC)c(OC)c2)C1(C)C. The predicted molar refractivity (Wildman–Crippen MR) is 102 cm³/mol. The summed E-state index contributed by atoms with van der Waals surface area (Å²) in [5, 5.41) is 2.99. The summed E-state index contributed by atoms with van der Waals surface area (Å²) in [5.41, 5.74) is 6.29. The van der Waals surface area contributed by atoms with Gasteiger partial charge >= 0.3 is 0 Å². The van der Waals surface area contributed by atoms with Gasteiger partial charge < -0.3 is 25.3 Å². The summed E-state index contributed by atoms with van der Waals surface area (Å²) in [6.07, 6.45) is 2.26. The first-order valence-corrected chi connectivity index (χ1v) is 9.19. The number of nitrogens with two attached hydrogens (primary N) is 1. The van der Waals surface area contributed by atoms with Gasteiger partial charge in [-0.2, -0.15) is 0 Å². The van der Waals surface area contributed by atoms with Crippen molar-refractivity contribution in [2.75, 3.05) is 27.4 Å². The van der Waals surface area contributed by atoms with Crippen LogP contribution in [0, 0.1) is 5.41 Å². The molecular weight excluding hydrogens is 332 g/mol. The largest absolute Gasteiger partial charge is 0.493 e. The van der Waals surface area contributed by atoms with E-state index in [4.69, 9.17) is 19.9 Å². The summed E-state index contributed by atoms with van der Waals surface area (Å²) < 4.78 is 16.2. The van der Waals surface area contributed by atoms with E-state index < -0.39 is 5.54 Å². The zero-order valence-corrected chi connectivity index (χ0v) is 16.6. The monoisotopic (exact) mass is 364 g/mol. The highest BCUT2D eigenvalue weighted by Crippen LogP contribution is 2.49. The van der Waals surface area contributed by atoms with Crippen LogP contribution < -0.4 is 20.5 Å². The lowest BCUT2D eigenvalue weighted by atomic mass is 9.54. The van der Waals surface area contributed by atoms with Gasteiger partial charge in [0.2, 0.25) is 5.91 Å². The summed E-state index contributed by atoms with van der Waals surface area (Å²) in [7, 11) is 3.24. The molecule has 0 bridgehead atoms. The number of carbonyl (C=O) groups excluding carboxylic acids is 1. The molecule has 1 aliphatic rings. The van der Waals surface area contributed by atoms with Gasteiger partial charge in [0.05, 0.1) is 20.3 Å². The molecule has 146 valence electrons. The van der Waals surface area contributed by atoms with Crippen LogP contribution in [0.25, 0.3) is 0 Å². The Morgan fingerprint density at radius 2 is 1.96 bits per heavy atom. The Kier molecular flexibility index (Phi) is 6.53. The molecule has 1 amide bonds. The van der Waals surface area contributed by atoms with Crippen LogP contribution in [0.4, 0.5) is 0 Å². The minimum absolute atomic E-state index is 0.0370. The van der Waals surface area contributed by atoms with Crippen molar-refractivity contribution < 1.29 is 19.0 Å². The zero-order valence-electron chi connectivity index (χ0n) is 16.6. The van der Waals surface area contributed by atoms with Crippen LogP contribution >= 0.6 is 0 Å². The summed E-state index contributed by atoms with van der Waals surface area (Å²) in [6.45, 7) is 7.18. The molecule has 2 unspecified atom stereocenters. The van der Waals surface area contributed by atoms with Crippen molar-refractivity contribution in [3.8, 4) is 11.5 Å². The topological polar surface area (TPSA) is 82.8 Å². The van der Waals surface area contributed by atoms with E-state index in [0.717, 1.165) is 18.4 Å². The first kappa shape index (κ1) is 20.5. The molecule has 6 heteroatoms. The number of amides is 1. The predicted octanol–water partition coefficient (Wildman–Crippen LogP) is 2.29. The Balaban J connectivity index is 1.82. The number of benzene rings is 1. The summed E-state index contributed by atoms with van der Waals surface area (Å²) in [5.74, 6) is 1.34. The average molecular weight is 364 g/mol.